The monoisotopic (exact) mass is 449 g/mol. The Balaban J connectivity index is 1.58. The predicted octanol–water partition coefficient (Wildman–Crippen LogP) is 2.56. The number of aromatic nitrogens is 3. The van der Waals surface area contributed by atoms with Crippen molar-refractivity contribution in [3.8, 4) is 0 Å². The van der Waals surface area contributed by atoms with E-state index in [1.54, 1.807) is 29.8 Å². The van der Waals surface area contributed by atoms with Crippen LogP contribution in [-0.2, 0) is 13.2 Å². The molecule has 0 fully saturated rings. The number of aliphatic hydroxyl groups excluding tert-OH is 2. The first-order chi connectivity index (χ1) is 15.2. The maximum Gasteiger partial charge on any atom is 0.416 e. The third-order valence-electron chi connectivity index (χ3n) is 4.79. The minimum atomic E-state index is -4.49. The minimum Gasteiger partial charge on any atom is -0.423 e. The van der Waals surface area contributed by atoms with Crippen LogP contribution in [-0.4, -0.2) is 49.9 Å². The van der Waals surface area contributed by atoms with E-state index in [0.717, 1.165) is 12.1 Å². The topological polar surface area (TPSA) is 125 Å². The Kier molecular flexibility index (Phi) is 5.48. The second-order valence-corrected chi connectivity index (χ2v) is 7.07. The van der Waals surface area contributed by atoms with Crippen LogP contribution in [0.2, 0.25) is 0 Å². The molecule has 0 aliphatic rings. The van der Waals surface area contributed by atoms with E-state index < -0.39 is 30.4 Å². The molecule has 1 amide bonds. The molecule has 168 valence electrons. The lowest BCUT2D eigenvalue weighted by Gasteiger charge is -2.08. The molecule has 1 unspecified atom stereocenters. The number of hydrogen-bond acceptors (Lipinski definition) is 7. The average molecular weight is 449 g/mol. The number of nitrogens with zero attached hydrogens (tertiary/aromatic N) is 3. The van der Waals surface area contributed by atoms with E-state index in [-0.39, 0.29) is 23.7 Å². The van der Waals surface area contributed by atoms with Crippen molar-refractivity contribution in [2.24, 2.45) is 7.05 Å². The summed E-state index contributed by atoms with van der Waals surface area (Å²) in [6.45, 7) is -0.571. The standard InChI is InChI=1S/C20H18F3N5O4/c1-28-15-5-2-10(17(31)24-8-12(30)9-29)6-14(15)25-18(28)27-19-26-13-4-3-11(20(21,22)23)7-16(13)32-19/h2-7,12,29-30H,8-9H2,1H3,(H,24,31)(H,25,26,27). The lowest BCUT2D eigenvalue weighted by atomic mass is 10.2. The molecule has 2 heterocycles. The summed E-state index contributed by atoms with van der Waals surface area (Å²) in [5.74, 6) is -0.144. The van der Waals surface area contributed by atoms with Gasteiger partial charge in [0.25, 0.3) is 5.91 Å². The van der Waals surface area contributed by atoms with Crippen LogP contribution < -0.4 is 10.6 Å². The van der Waals surface area contributed by atoms with Crippen LogP contribution in [0.5, 0.6) is 0 Å². The molecule has 4 aromatic rings. The molecule has 0 aliphatic heterocycles. The van der Waals surface area contributed by atoms with E-state index in [1.165, 1.54) is 6.07 Å². The molecule has 0 bridgehead atoms. The van der Waals surface area contributed by atoms with Gasteiger partial charge in [-0.3, -0.25) is 10.1 Å². The largest absolute Gasteiger partial charge is 0.423 e. The summed E-state index contributed by atoms with van der Waals surface area (Å²) < 4.78 is 45.7. The number of anilines is 2. The van der Waals surface area contributed by atoms with E-state index in [1.807, 2.05) is 0 Å². The number of nitrogens with one attached hydrogen (secondary N) is 2. The highest BCUT2D eigenvalue weighted by Crippen LogP contribution is 2.32. The van der Waals surface area contributed by atoms with Crippen LogP contribution in [0.3, 0.4) is 0 Å². The second kappa shape index (κ2) is 8.13. The van der Waals surface area contributed by atoms with Crippen LogP contribution in [0.1, 0.15) is 15.9 Å². The molecule has 2 aromatic heterocycles. The lowest BCUT2D eigenvalue weighted by Crippen LogP contribution is -2.33. The fourth-order valence-corrected chi connectivity index (χ4v) is 3.08. The fourth-order valence-electron chi connectivity index (χ4n) is 3.08. The zero-order valence-corrected chi connectivity index (χ0v) is 16.6. The van der Waals surface area contributed by atoms with Gasteiger partial charge in [-0.1, -0.05) is 0 Å². The first kappa shape index (κ1) is 21.6. The van der Waals surface area contributed by atoms with Crippen molar-refractivity contribution >= 4 is 40.0 Å². The van der Waals surface area contributed by atoms with E-state index >= 15 is 0 Å². The zero-order valence-electron chi connectivity index (χ0n) is 16.6. The molecule has 12 heteroatoms. The number of carbonyl (C=O) groups excluding carboxylic acids is 1. The number of oxazole rings is 1. The van der Waals surface area contributed by atoms with E-state index in [4.69, 9.17) is 9.52 Å². The van der Waals surface area contributed by atoms with Crippen molar-refractivity contribution in [1.82, 2.24) is 19.9 Å². The van der Waals surface area contributed by atoms with Crippen LogP contribution in [0.25, 0.3) is 22.1 Å². The van der Waals surface area contributed by atoms with Crippen LogP contribution in [0, 0.1) is 0 Å². The number of amides is 1. The highest BCUT2D eigenvalue weighted by molar-refractivity contribution is 5.97. The van der Waals surface area contributed by atoms with Crippen molar-refractivity contribution in [3.05, 3.63) is 47.5 Å². The molecule has 0 aliphatic carbocycles. The van der Waals surface area contributed by atoms with Gasteiger partial charge in [0.2, 0.25) is 5.95 Å². The van der Waals surface area contributed by atoms with Gasteiger partial charge in [-0.25, -0.2) is 4.98 Å². The summed E-state index contributed by atoms with van der Waals surface area (Å²) in [6.07, 6.45) is -5.55. The molecular formula is C20H18F3N5O4. The number of aryl methyl sites for hydroxylation is 1. The van der Waals surface area contributed by atoms with Crippen LogP contribution in [0.15, 0.2) is 40.8 Å². The third kappa shape index (κ3) is 4.22. The normalized spacial score (nSPS) is 12.9. The van der Waals surface area contributed by atoms with E-state index in [9.17, 15) is 23.1 Å². The maximum absolute atomic E-state index is 12.9. The van der Waals surface area contributed by atoms with Crippen molar-refractivity contribution in [2.45, 2.75) is 12.3 Å². The number of carbonyl (C=O) groups is 1. The first-order valence-electron chi connectivity index (χ1n) is 9.44. The number of rotatable bonds is 6. The fraction of sp³-hybridized carbons (Fsp3) is 0.250. The number of hydrogen-bond donors (Lipinski definition) is 4. The van der Waals surface area contributed by atoms with Gasteiger partial charge in [0.15, 0.2) is 5.58 Å². The molecule has 32 heavy (non-hydrogen) atoms. The first-order valence-corrected chi connectivity index (χ1v) is 9.44. The number of aliphatic hydroxyl groups is 2. The molecule has 0 saturated heterocycles. The SMILES string of the molecule is Cn1c(Nc2nc3ccc(C(F)(F)F)cc3o2)nc2cc(C(=O)NCC(O)CO)ccc21. The van der Waals surface area contributed by atoms with Gasteiger partial charge in [-0.2, -0.15) is 18.2 Å². The van der Waals surface area contributed by atoms with Crippen molar-refractivity contribution < 1.29 is 32.6 Å². The molecule has 0 saturated carbocycles. The average Bonchev–Trinajstić information content (AvgIpc) is 3.30. The molecule has 0 spiro atoms. The Bertz CT molecular complexity index is 1300. The zero-order chi connectivity index (χ0) is 23.0. The molecule has 4 N–H and O–H groups in total. The number of imidazole rings is 1. The highest BCUT2D eigenvalue weighted by Gasteiger charge is 2.31. The number of halogens is 3. The van der Waals surface area contributed by atoms with Gasteiger partial charge >= 0.3 is 12.2 Å². The predicted molar refractivity (Wildman–Crippen MR) is 108 cm³/mol. The smallest absolute Gasteiger partial charge is 0.416 e. The highest BCUT2D eigenvalue weighted by atomic mass is 19.4. The van der Waals surface area contributed by atoms with Crippen molar-refractivity contribution in [3.63, 3.8) is 0 Å². The number of fused-ring (bicyclic) bond motifs is 2. The summed E-state index contributed by atoms with van der Waals surface area (Å²) >= 11 is 0. The van der Waals surface area contributed by atoms with Gasteiger partial charge in [0.1, 0.15) is 5.52 Å². The minimum absolute atomic E-state index is 0.0230. The summed E-state index contributed by atoms with van der Waals surface area (Å²) in [6, 6.07) is 7.79. The summed E-state index contributed by atoms with van der Waals surface area (Å²) in [5.41, 5.74) is 0.839. The van der Waals surface area contributed by atoms with Crippen molar-refractivity contribution in [2.75, 3.05) is 18.5 Å². The number of benzene rings is 2. The Labute approximate surface area is 178 Å². The Hall–Kier alpha value is -3.64. The van der Waals surface area contributed by atoms with Crippen LogP contribution in [0.4, 0.5) is 25.1 Å². The summed E-state index contributed by atoms with van der Waals surface area (Å²) in [7, 11) is 1.71. The number of alkyl halides is 3. The van der Waals surface area contributed by atoms with Crippen LogP contribution >= 0.6 is 0 Å². The second-order valence-electron chi connectivity index (χ2n) is 7.07. The van der Waals surface area contributed by atoms with Gasteiger partial charge in [-0.15, -0.1) is 0 Å². The van der Waals surface area contributed by atoms with E-state index in [2.05, 4.69) is 20.6 Å². The molecular weight excluding hydrogens is 431 g/mol. The summed E-state index contributed by atoms with van der Waals surface area (Å²) in [5, 5.41) is 23.5. The van der Waals surface area contributed by atoms with Gasteiger partial charge in [-0.05, 0) is 36.4 Å². The Morgan fingerprint density at radius 1 is 1.19 bits per heavy atom. The Morgan fingerprint density at radius 2 is 1.97 bits per heavy atom. The summed E-state index contributed by atoms with van der Waals surface area (Å²) in [4.78, 5) is 20.8. The maximum atomic E-state index is 12.9. The van der Waals surface area contributed by atoms with Gasteiger partial charge in [0.05, 0.1) is 29.3 Å². The molecule has 1 atom stereocenters. The molecule has 2 aromatic carbocycles. The Morgan fingerprint density at radius 3 is 2.69 bits per heavy atom. The third-order valence-corrected chi connectivity index (χ3v) is 4.79. The quantitative estimate of drug-likeness (QED) is 0.357. The molecule has 9 nitrogen and oxygen atoms in total. The lowest BCUT2D eigenvalue weighted by molar-refractivity contribution is -0.137. The molecule has 0 radical (unpaired) electrons. The van der Waals surface area contributed by atoms with Crippen molar-refractivity contribution in [1.29, 1.82) is 0 Å². The van der Waals surface area contributed by atoms with Gasteiger partial charge in [0, 0.05) is 19.2 Å². The van der Waals surface area contributed by atoms with E-state index in [0.29, 0.717) is 22.5 Å². The van der Waals surface area contributed by atoms with Gasteiger partial charge < -0.3 is 24.5 Å². The molecule has 4 rings (SSSR count).